The Hall–Kier alpha value is -6.49. The van der Waals surface area contributed by atoms with Crippen molar-refractivity contribution in [2.75, 3.05) is 18.4 Å². The highest BCUT2D eigenvalue weighted by Gasteiger charge is 2.37. The van der Waals surface area contributed by atoms with E-state index in [1.54, 1.807) is 28.8 Å². The number of carbonyl (C=O) groups is 5. The summed E-state index contributed by atoms with van der Waals surface area (Å²) in [5, 5.41) is 37.9. The molecule has 0 spiro atoms. The molecule has 0 saturated carbocycles. The standard InChI is InChI=1S/C27H34N6O4.C19H25N3O4/c1-4-22(31-37)27-30-29-26(21-13-20(16(2)3)23(34)14-24(21)35)33(27)19-7-5-17(6-8-19)15-32-11-9-18(10-12-32)25(28)36;1-4-6-16(18(25)20-11-23)22-10-14-13(19(22)26)7-5-8-15(14)21-17(24)9-12(2)3/h5-8,13-14,16,18,22,34-35H,4,9-12,15H2,1-3H3,(H2,28,36);5,7-8,11-12,16H,4,6,9-10H2,1-3H3,(H,21,24)(H,20,23,25). The molecule has 2 aliphatic rings. The number of aromatic nitrogens is 3. The number of nitrogens with two attached hydrogens (primary N) is 1. The van der Waals surface area contributed by atoms with Gasteiger partial charge in [-0.15, -0.1) is 10.2 Å². The lowest BCUT2D eigenvalue weighted by molar-refractivity contribution is -0.129. The Morgan fingerprint density at radius 3 is 2.25 bits per heavy atom. The number of hydrogen-bond donors (Lipinski definition) is 5. The summed E-state index contributed by atoms with van der Waals surface area (Å²) in [5.41, 5.74) is 10.1. The molecular formula is C46H59N9O8. The summed E-state index contributed by atoms with van der Waals surface area (Å²) >= 11 is 0. The quantitative estimate of drug-likeness (QED) is 0.0570. The largest absolute Gasteiger partial charge is 0.508 e. The van der Waals surface area contributed by atoms with Crippen LogP contribution in [0.15, 0.2) is 59.8 Å². The summed E-state index contributed by atoms with van der Waals surface area (Å²) in [6, 6.07) is 14.6. The van der Waals surface area contributed by atoms with Crippen LogP contribution in [0.5, 0.6) is 11.5 Å². The fourth-order valence-corrected chi connectivity index (χ4v) is 8.02. The number of benzene rings is 3. The van der Waals surface area contributed by atoms with Crippen LogP contribution < -0.4 is 16.4 Å². The van der Waals surface area contributed by atoms with Crippen molar-refractivity contribution in [1.29, 1.82) is 0 Å². The summed E-state index contributed by atoms with van der Waals surface area (Å²) in [6.07, 6.45) is 3.85. The van der Waals surface area contributed by atoms with E-state index < -0.39 is 18.0 Å². The summed E-state index contributed by atoms with van der Waals surface area (Å²) < 4.78 is 1.74. The van der Waals surface area contributed by atoms with Crippen LogP contribution in [0.1, 0.15) is 125 Å². The lowest BCUT2D eigenvalue weighted by Gasteiger charge is -2.30. The van der Waals surface area contributed by atoms with Gasteiger partial charge in [-0.2, -0.15) is 4.91 Å². The van der Waals surface area contributed by atoms with E-state index in [0.717, 1.165) is 43.7 Å². The monoisotopic (exact) mass is 865 g/mol. The number of imide groups is 1. The Kier molecular flexibility index (Phi) is 16.3. The van der Waals surface area contributed by atoms with Crippen LogP contribution in [0.25, 0.3) is 17.1 Å². The van der Waals surface area contributed by atoms with Crippen LogP contribution in [0.4, 0.5) is 5.69 Å². The number of phenols is 2. The van der Waals surface area contributed by atoms with Gasteiger partial charge in [-0.05, 0) is 92.1 Å². The number of piperidine rings is 1. The summed E-state index contributed by atoms with van der Waals surface area (Å²) in [7, 11) is 0. The number of phenolic OH excluding ortho intramolecular Hbond substituents is 2. The van der Waals surface area contributed by atoms with Crippen LogP contribution in [0.2, 0.25) is 0 Å². The molecule has 3 heterocycles. The molecule has 0 aliphatic carbocycles. The third-order valence-electron chi connectivity index (χ3n) is 11.4. The minimum Gasteiger partial charge on any atom is -0.508 e. The lowest BCUT2D eigenvalue weighted by Crippen LogP contribution is -2.46. The number of primary amides is 1. The van der Waals surface area contributed by atoms with E-state index in [0.29, 0.717) is 71.7 Å². The molecule has 1 aromatic heterocycles. The second-order valence-corrected chi connectivity index (χ2v) is 16.8. The number of anilines is 1. The van der Waals surface area contributed by atoms with Gasteiger partial charge in [0.2, 0.25) is 24.1 Å². The van der Waals surface area contributed by atoms with Crippen LogP contribution in [-0.4, -0.2) is 83.9 Å². The van der Waals surface area contributed by atoms with Crippen molar-refractivity contribution in [3.63, 3.8) is 0 Å². The molecule has 336 valence electrons. The van der Waals surface area contributed by atoms with Crippen LogP contribution in [0, 0.1) is 16.7 Å². The van der Waals surface area contributed by atoms with Gasteiger partial charge in [0, 0.05) is 54.0 Å². The zero-order valence-corrected chi connectivity index (χ0v) is 36.8. The van der Waals surface area contributed by atoms with E-state index in [1.807, 2.05) is 65.8 Å². The van der Waals surface area contributed by atoms with E-state index >= 15 is 0 Å². The van der Waals surface area contributed by atoms with Gasteiger partial charge >= 0.3 is 0 Å². The number of amides is 5. The van der Waals surface area contributed by atoms with Crippen molar-refractivity contribution in [3.8, 4) is 28.6 Å². The van der Waals surface area contributed by atoms with Crippen molar-refractivity contribution >= 4 is 35.7 Å². The molecule has 2 atom stereocenters. The van der Waals surface area contributed by atoms with Crippen molar-refractivity contribution in [2.45, 2.75) is 111 Å². The number of likely N-dealkylation sites (tertiary alicyclic amines) is 1. The Labute approximate surface area is 367 Å². The Bertz CT molecular complexity index is 2280. The van der Waals surface area contributed by atoms with Gasteiger partial charge in [-0.25, -0.2) is 0 Å². The number of aromatic hydroxyl groups is 2. The van der Waals surface area contributed by atoms with Crippen molar-refractivity contribution in [1.82, 2.24) is 29.9 Å². The molecule has 1 saturated heterocycles. The smallest absolute Gasteiger partial charge is 0.255 e. The average molecular weight is 866 g/mol. The first kappa shape index (κ1) is 47.6. The maximum absolute atomic E-state index is 12.8. The molecule has 17 nitrogen and oxygen atoms in total. The van der Waals surface area contributed by atoms with E-state index in [1.165, 1.54) is 11.0 Å². The number of nitrogens with one attached hydrogen (secondary N) is 2. The lowest BCUT2D eigenvalue weighted by atomic mass is 9.96. The number of rotatable bonds is 17. The fourth-order valence-electron chi connectivity index (χ4n) is 8.02. The number of nitrogens with zero attached hydrogens (tertiary/aromatic N) is 6. The number of hydrogen-bond acceptors (Lipinski definition) is 12. The molecule has 5 amide bonds. The minimum atomic E-state index is -0.718. The van der Waals surface area contributed by atoms with Gasteiger partial charge in [-0.3, -0.25) is 38.8 Å². The maximum atomic E-state index is 12.8. The number of carbonyl (C=O) groups excluding carboxylic acids is 5. The van der Waals surface area contributed by atoms with E-state index in [-0.39, 0.29) is 53.5 Å². The molecule has 17 heteroatoms. The second-order valence-electron chi connectivity index (χ2n) is 16.8. The third kappa shape index (κ3) is 11.3. The minimum absolute atomic E-state index is 0.00717. The van der Waals surface area contributed by atoms with Gasteiger partial charge in [-0.1, -0.05) is 71.3 Å². The first-order valence-corrected chi connectivity index (χ1v) is 21.5. The number of fused-ring (bicyclic) bond motifs is 1. The third-order valence-corrected chi connectivity index (χ3v) is 11.4. The highest BCUT2D eigenvalue weighted by molar-refractivity contribution is 6.04. The van der Waals surface area contributed by atoms with Gasteiger partial charge in [0.1, 0.15) is 17.5 Å². The molecule has 2 unspecified atom stereocenters. The molecule has 4 aromatic rings. The van der Waals surface area contributed by atoms with E-state index in [9.17, 15) is 39.1 Å². The van der Waals surface area contributed by atoms with Crippen molar-refractivity contribution < 1.29 is 34.2 Å². The van der Waals surface area contributed by atoms with Crippen LogP contribution in [-0.2, 0) is 32.3 Å². The molecule has 2 aliphatic heterocycles. The van der Waals surface area contributed by atoms with E-state index in [2.05, 4.69) is 30.9 Å². The first-order chi connectivity index (χ1) is 30.1. The van der Waals surface area contributed by atoms with Gasteiger partial charge in [0.25, 0.3) is 5.91 Å². The summed E-state index contributed by atoms with van der Waals surface area (Å²) in [6.45, 7) is 14.2. The van der Waals surface area contributed by atoms with Gasteiger partial charge < -0.3 is 26.2 Å². The molecule has 0 radical (unpaired) electrons. The zero-order valence-electron chi connectivity index (χ0n) is 36.8. The Morgan fingerprint density at radius 1 is 0.968 bits per heavy atom. The predicted molar refractivity (Wildman–Crippen MR) is 238 cm³/mol. The highest BCUT2D eigenvalue weighted by Crippen LogP contribution is 2.39. The van der Waals surface area contributed by atoms with Crippen LogP contribution in [0.3, 0.4) is 0 Å². The molecular weight excluding hydrogens is 807 g/mol. The SMILES string of the molecule is CCC(N=O)c1nnc(-c2cc(C(C)C)c(O)cc2O)n1-c1ccc(CN2CCC(C(N)=O)CC2)cc1.CCCC(C(=O)NC=O)N1Cc2c(NC(=O)CC(C)C)cccc2C1=O. The van der Waals surface area contributed by atoms with Gasteiger partial charge in [0.05, 0.1) is 5.56 Å². The van der Waals surface area contributed by atoms with Crippen LogP contribution >= 0.6 is 0 Å². The highest BCUT2D eigenvalue weighted by atomic mass is 16.3. The van der Waals surface area contributed by atoms with Crippen molar-refractivity contribution in [2.24, 2.45) is 22.7 Å². The zero-order chi connectivity index (χ0) is 46.0. The molecule has 63 heavy (non-hydrogen) atoms. The van der Waals surface area contributed by atoms with Crippen molar-refractivity contribution in [3.05, 3.63) is 87.6 Å². The average Bonchev–Trinajstić information content (AvgIpc) is 3.82. The normalized spacial score (nSPS) is 15.0. The predicted octanol–water partition coefficient (Wildman–Crippen LogP) is 6.45. The molecule has 0 bridgehead atoms. The fraction of sp³-hybridized carbons (Fsp3) is 0.457. The molecule has 6 N–H and O–H groups in total. The van der Waals surface area contributed by atoms with Gasteiger partial charge in [0.15, 0.2) is 17.7 Å². The summed E-state index contributed by atoms with van der Waals surface area (Å²) in [5.74, 6) is -0.276. The maximum Gasteiger partial charge on any atom is 0.255 e. The molecule has 3 aromatic carbocycles. The number of nitroso groups, excluding NO2 is 1. The Morgan fingerprint density at radius 2 is 1.67 bits per heavy atom. The van der Waals surface area contributed by atoms with E-state index in [4.69, 9.17) is 5.73 Å². The first-order valence-electron chi connectivity index (χ1n) is 21.5. The Balaban J connectivity index is 0.000000253. The summed E-state index contributed by atoms with van der Waals surface area (Å²) in [4.78, 5) is 74.5. The molecule has 1 fully saturated rings. The second kappa shape index (κ2) is 21.5. The topological polar surface area (TPSA) is 243 Å². The molecule has 6 rings (SSSR count).